The maximum Gasteiger partial charge on any atom is 0.291 e. The summed E-state index contributed by atoms with van der Waals surface area (Å²) >= 11 is 0. The molecule has 1 fully saturated rings. The first-order chi connectivity index (χ1) is 14.0. The van der Waals surface area contributed by atoms with Gasteiger partial charge in [0.15, 0.2) is 5.89 Å². The number of aryl methyl sites for hydroxylation is 3. The lowest BCUT2D eigenvalue weighted by Crippen LogP contribution is -2.38. The molecule has 0 spiro atoms. The van der Waals surface area contributed by atoms with Crippen LogP contribution in [0, 0.1) is 20.8 Å². The minimum atomic E-state index is -0.100. The van der Waals surface area contributed by atoms with Gasteiger partial charge in [0.1, 0.15) is 11.4 Å². The van der Waals surface area contributed by atoms with Crippen molar-refractivity contribution in [3.63, 3.8) is 0 Å². The molecule has 7 nitrogen and oxygen atoms in total. The zero-order valence-corrected chi connectivity index (χ0v) is 16.9. The van der Waals surface area contributed by atoms with E-state index in [1.165, 1.54) is 0 Å². The van der Waals surface area contributed by atoms with Crippen molar-refractivity contribution in [2.75, 3.05) is 13.1 Å². The lowest BCUT2D eigenvalue weighted by atomic mass is 9.93. The molecule has 0 unspecified atom stereocenters. The summed E-state index contributed by atoms with van der Waals surface area (Å²) in [4.78, 5) is 27.7. The van der Waals surface area contributed by atoms with Crippen molar-refractivity contribution in [2.45, 2.75) is 39.5 Å². The van der Waals surface area contributed by atoms with Crippen LogP contribution >= 0.6 is 0 Å². The predicted octanol–water partition coefficient (Wildman–Crippen LogP) is 4.20. The minimum absolute atomic E-state index is 0.100. The van der Waals surface area contributed by atoms with Crippen LogP contribution in [0.15, 0.2) is 41.1 Å². The number of benzene rings is 1. The van der Waals surface area contributed by atoms with E-state index in [-0.39, 0.29) is 11.8 Å². The highest BCUT2D eigenvalue weighted by molar-refractivity contribution is 5.92. The van der Waals surface area contributed by atoms with Crippen molar-refractivity contribution in [3.05, 3.63) is 65.3 Å². The molecule has 0 N–H and O–H groups in total. The molecule has 0 atom stereocenters. The van der Waals surface area contributed by atoms with Crippen LogP contribution in [-0.4, -0.2) is 38.8 Å². The number of oxazole rings is 1. The number of carbonyl (C=O) groups excluding carboxylic acids is 1. The zero-order valence-electron chi connectivity index (χ0n) is 16.9. The molecule has 0 saturated carbocycles. The lowest BCUT2D eigenvalue weighted by molar-refractivity contribution is 0.0677. The van der Waals surface area contributed by atoms with Crippen LogP contribution in [0.3, 0.4) is 0 Å². The van der Waals surface area contributed by atoms with E-state index < -0.39 is 0 Å². The van der Waals surface area contributed by atoms with Gasteiger partial charge in [0.2, 0.25) is 11.6 Å². The Morgan fingerprint density at radius 3 is 2.59 bits per heavy atom. The van der Waals surface area contributed by atoms with Gasteiger partial charge in [0, 0.05) is 38.3 Å². The van der Waals surface area contributed by atoms with E-state index in [4.69, 9.17) is 9.15 Å². The van der Waals surface area contributed by atoms with Crippen molar-refractivity contribution in [1.29, 1.82) is 0 Å². The Balaban J connectivity index is 1.46. The summed E-state index contributed by atoms with van der Waals surface area (Å²) in [5, 5.41) is 0. The average molecular weight is 392 g/mol. The number of nitrogens with zero attached hydrogens (tertiary/aromatic N) is 4. The Bertz CT molecular complexity index is 1020. The second-order valence-corrected chi connectivity index (χ2v) is 7.38. The highest BCUT2D eigenvalue weighted by Gasteiger charge is 2.30. The molecule has 0 radical (unpaired) electrons. The molecule has 1 amide bonds. The van der Waals surface area contributed by atoms with Crippen molar-refractivity contribution < 1.29 is 13.9 Å². The summed E-state index contributed by atoms with van der Waals surface area (Å²) in [6, 6.07) is 7.86. The van der Waals surface area contributed by atoms with Crippen molar-refractivity contribution >= 4 is 5.91 Å². The molecule has 3 heterocycles. The van der Waals surface area contributed by atoms with Gasteiger partial charge in [0.05, 0.1) is 5.69 Å². The van der Waals surface area contributed by atoms with E-state index in [9.17, 15) is 4.79 Å². The first-order valence-electron chi connectivity index (χ1n) is 9.80. The molecular formula is C22H24N4O3. The van der Waals surface area contributed by atoms with Crippen LogP contribution in [-0.2, 0) is 0 Å². The molecule has 1 aliphatic heterocycles. The largest absolute Gasteiger partial charge is 0.437 e. The summed E-state index contributed by atoms with van der Waals surface area (Å²) in [7, 11) is 0. The SMILES string of the molecule is Cc1cccc(Oc2nccnc2C2CCN(C(=O)c3oc(C)nc3C)CC2)c1. The van der Waals surface area contributed by atoms with E-state index in [0.717, 1.165) is 29.8 Å². The fourth-order valence-corrected chi connectivity index (χ4v) is 3.71. The molecule has 1 saturated heterocycles. The monoisotopic (exact) mass is 392 g/mol. The summed E-state index contributed by atoms with van der Waals surface area (Å²) in [5.41, 5.74) is 2.60. The standard InChI is InChI=1S/C22H24N4O3/c1-14-5-4-6-18(13-14)29-21-19(23-9-10-24-21)17-7-11-26(12-8-17)22(27)20-15(2)25-16(3)28-20/h4-6,9-10,13,17H,7-8,11-12H2,1-3H3. The van der Waals surface area contributed by atoms with Crippen LogP contribution in [0.25, 0.3) is 0 Å². The molecule has 0 bridgehead atoms. The fraction of sp³-hybridized carbons (Fsp3) is 0.364. The van der Waals surface area contributed by atoms with Crippen LogP contribution in [0.2, 0.25) is 0 Å². The second-order valence-electron chi connectivity index (χ2n) is 7.38. The third kappa shape index (κ3) is 4.13. The number of amides is 1. The molecule has 4 rings (SSSR count). The van der Waals surface area contributed by atoms with Gasteiger partial charge in [-0.3, -0.25) is 9.78 Å². The van der Waals surface area contributed by atoms with Crippen molar-refractivity contribution in [2.24, 2.45) is 0 Å². The Labute approximate surface area is 169 Å². The summed E-state index contributed by atoms with van der Waals surface area (Å²) in [5.74, 6) is 2.21. The first-order valence-corrected chi connectivity index (χ1v) is 9.80. The van der Waals surface area contributed by atoms with Gasteiger partial charge in [-0.2, -0.15) is 0 Å². The molecule has 3 aromatic rings. The molecule has 1 aromatic carbocycles. The Morgan fingerprint density at radius 2 is 1.90 bits per heavy atom. The topological polar surface area (TPSA) is 81.4 Å². The highest BCUT2D eigenvalue weighted by atomic mass is 16.5. The third-order valence-corrected chi connectivity index (χ3v) is 5.16. The number of ether oxygens (including phenoxy) is 1. The molecule has 0 aliphatic carbocycles. The van der Waals surface area contributed by atoms with Gasteiger partial charge in [0.25, 0.3) is 5.91 Å². The third-order valence-electron chi connectivity index (χ3n) is 5.16. The minimum Gasteiger partial charge on any atom is -0.437 e. The van der Waals surface area contributed by atoms with Gasteiger partial charge < -0.3 is 14.1 Å². The van der Waals surface area contributed by atoms with Gasteiger partial charge in [-0.05, 0) is 44.4 Å². The van der Waals surface area contributed by atoms with Crippen LogP contribution in [0.1, 0.15) is 52.2 Å². The Hall–Kier alpha value is -3.22. The number of likely N-dealkylation sites (tertiary alicyclic amines) is 1. The number of aromatic nitrogens is 3. The molecule has 1 aliphatic rings. The van der Waals surface area contributed by atoms with Crippen LogP contribution in [0.4, 0.5) is 0 Å². The average Bonchev–Trinajstić information content (AvgIpc) is 3.06. The van der Waals surface area contributed by atoms with Crippen LogP contribution < -0.4 is 4.74 Å². The summed E-state index contributed by atoms with van der Waals surface area (Å²) < 4.78 is 11.5. The predicted molar refractivity (Wildman–Crippen MR) is 107 cm³/mol. The van der Waals surface area contributed by atoms with E-state index >= 15 is 0 Å². The summed E-state index contributed by atoms with van der Waals surface area (Å²) in [6.45, 7) is 6.83. The lowest BCUT2D eigenvalue weighted by Gasteiger charge is -2.31. The second kappa shape index (κ2) is 8.03. The Kier molecular flexibility index (Phi) is 5.29. The summed E-state index contributed by atoms with van der Waals surface area (Å²) in [6.07, 6.45) is 4.92. The van der Waals surface area contributed by atoms with Crippen molar-refractivity contribution in [3.8, 4) is 11.6 Å². The van der Waals surface area contributed by atoms with E-state index in [1.54, 1.807) is 26.2 Å². The van der Waals surface area contributed by atoms with E-state index in [1.807, 2.05) is 36.1 Å². The number of piperidine rings is 1. The first kappa shape index (κ1) is 19.1. The highest BCUT2D eigenvalue weighted by Crippen LogP contribution is 2.34. The van der Waals surface area contributed by atoms with E-state index in [2.05, 4.69) is 15.0 Å². The zero-order chi connectivity index (χ0) is 20.4. The Morgan fingerprint density at radius 1 is 1.14 bits per heavy atom. The molecular weight excluding hydrogens is 368 g/mol. The number of carbonyl (C=O) groups is 1. The van der Waals surface area contributed by atoms with Gasteiger partial charge in [-0.25, -0.2) is 9.97 Å². The molecule has 2 aromatic heterocycles. The maximum absolute atomic E-state index is 12.8. The number of hydrogen-bond donors (Lipinski definition) is 0. The quantitative estimate of drug-likeness (QED) is 0.662. The van der Waals surface area contributed by atoms with Gasteiger partial charge >= 0.3 is 0 Å². The molecule has 150 valence electrons. The number of rotatable bonds is 4. The molecule has 29 heavy (non-hydrogen) atoms. The molecule has 7 heteroatoms. The smallest absolute Gasteiger partial charge is 0.291 e. The number of hydrogen-bond acceptors (Lipinski definition) is 6. The maximum atomic E-state index is 12.8. The van der Waals surface area contributed by atoms with E-state index in [0.29, 0.717) is 36.3 Å². The van der Waals surface area contributed by atoms with Gasteiger partial charge in [-0.15, -0.1) is 0 Å². The fourth-order valence-electron chi connectivity index (χ4n) is 3.71. The van der Waals surface area contributed by atoms with Gasteiger partial charge in [-0.1, -0.05) is 12.1 Å². The normalized spacial score (nSPS) is 14.8. The van der Waals surface area contributed by atoms with Crippen LogP contribution in [0.5, 0.6) is 11.6 Å². The van der Waals surface area contributed by atoms with Crippen molar-refractivity contribution in [1.82, 2.24) is 19.9 Å².